The van der Waals surface area contributed by atoms with Crippen LogP contribution in [-0.4, -0.2) is 0 Å². The van der Waals surface area contributed by atoms with Gasteiger partial charge >= 0.3 is 7.75 Å². The summed E-state index contributed by atoms with van der Waals surface area (Å²) >= 11 is 27.5. The zero-order valence-electron chi connectivity index (χ0n) is 25.7. The molecule has 0 saturated heterocycles. The molecule has 0 fully saturated rings. The highest BCUT2D eigenvalue weighted by atomic mass is 35.5. The molecule has 0 unspecified atom stereocenters. The molecule has 0 amide bonds. The summed E-state index contributed by atoms with van der Waals surface area (Å²) in [6.45, 7) is 4.23. The molecular weight excluding hydrogens is 667 g/mol. The second-order valence-electron chi connectivity index (χ2n) is 11.2. The van der Waals surface area contributed by atoms with Gasteiger partial charge in [0.1, 0.15) is 11.2 Å². The van der Waals surface area contributed by atoms with Crippen LogP contribution in [0.2, 0.25) is 20.1 Å². The molecule has 45 heavy (non-hydrogen) atoms. The smallest absolute Gasteiger partial charge is 0.280 e. The van der Waals surface area contributed by atoms with Crippen molar-refractivity contribution in [2.45, 2.75) is 76.4 Å². The van der Waals surface area contributed by atoms with Crippen molar-refractivity contribution in [1.29, 1.82) is 0 Å². The number of unbranched alkanes of at least 4 members (excludes halogenated alkanes) is 4. The lowest BCUT2D eigenvalue weighted by molar-refractivity contribution is 0.0212. The van der Waals surface area contributed by atoms with Crippen LogP contribution in [0, 0.1) is 0 Å². The first-order chi connectivity index (χ1) is 21.6. The van der Waals surface area contributed by atoms with Crippen LogP contribution in [0.4, 0.5) is 0 Å². The van der Waals surface area contributed by atoms with Crippen molar-refractivity contribution in [3.05, 3.63) is 139 Å². The number of hydrogen-bond acceptors (Lipinski definition) is 3. The topological polar surface area (TPSA) is 61.5 Å². The van der Waals surface area contributed by atoms with Crippen LogP contribution in [0.25, 0.3) is 0 Å². The standard InChI is InChI=1S/C36H40Cl4NO3P/c1-3-5-15-25-35(27-17-7-11-21-31(27)37,28-18-8-12-22-32(28)38)43-45(41,42)44-36(26-16-6-4-2,29-19-9-13-23-33(29)39)30-20-10-14-24-34(30)40/h7-14,17-24H,3-6,15-16,25-26H2,1-2H3,(H2,41,42). The van der Waals surface area contributed by atoms with Gasteiger partial charge in [-0.2, -0.15) is 0 Å². The first-order valence-corrected chi connectivity index (χ1v) is 18.5. The predicted octanol–water partition coefficient (Wildman–Crippen LogP) is 12.7. The summed E-state index contributed by atoms with van der Waals surface area (Å²) in [5.74, 6) is 0. The Hall–Kier alpha value is -1.85. The SMILES string of the molecule is CCCCCC(OP(N)(=O)OC(CCCCC)(c1ccccc1Cl)c1ccccc1Cl)(c1ccccc1Cl)c1ccccc1Cl. The zero-order chi connectivity index (χ0) is 32.5. The van der Waals surface area contributed by atoms with Gasteiger partial charge in [0.15, 0.2) is 0 Å². The Labute approximate surface area is 287 Å². The second kappa shape index (κ2) is 16.3. The summed E-state index contributed by atoms with van der Waals surface area (Å²) in [6.07, 6.45) is 5.97. The van der Waals surface area contributed by atoms with E-state index in [4.69, 9.17) is 61.0 Å². The highest BCUT2D eigenvalue weighted by molar-refractivity contribution is 7.51. The van der Waals surface area contributed by atoms with Crippen molar-refractivity contribution >= 4 is 54.2 Å². The number of rotatable bonds is 16. The lowest BCUT2D eigenvalue weighted by Crippen LogP contribution is -2.37. The first-order valence-electron chi connectivity index (χ1n) is 15.4. The van der Waals surface area contributed by atoms with Gasteiger partial charge in [-0.1, -0.05) is 159 Å². The fourth-order valence-corrected chi connectivity index (χ4v) is 8.61. The fourth-order valence-electron chi connectivity index (χ4n) is 5.97. The third-order valence-electron chi connectivity index (χ3n) is 8.07. The van der Waals surface area contributed by atoms with Gasteiger partial charge in [0.2, 0.25) is 0 Å². The Morgan fingerprint density at radius 1 is 0.533 bits per heavy atom. The van der Waals surface area contributed by atoms with Crippen molar-refractivity contribution in [3.8, 4) is 0 Å². The number of halogens is 4. The van der Waals surface area contributed by atoms with E-state index in [0.717, 1.165) is 38.5 Å². The highest BCUT2D eigenvalue weighted by Gasteiger charge is 2.49. The summed E-state index contributed by atoms with van der Waals surface area (Å²) in [5.41, 5.74) is 6.37. The molecule has 4 nitrogen and oxygen atoms in total. The van der Waals surface area contributed by atoms with E-state index >= 15 is 4.57 Å². The molecule has 0 aromatic heterocycles. The Balaban J connectivity index is 1.97. The van der Waals surface area contributed by atoms with Gasteiger partial charge in [0.05, 0.1) is 0 Å². The Bertz CT molecular complexity index is 1410. The molecule has 0 saturated carbocycles. The van der Waals surface area contributed by atoms with E-state index in [1.165, 1.54) is 0 Å². The van der Waals surface area contributed by atoms with Gasteiger partial charge in [-0.3, -0.25) is 9.05 Å². The second-order valence-corrected chi connectivity index (χ2v) is 14.3. The van der Waals surface area contributed by atoms with Gasteiger partial charge in [-0.25, -0.2) is 10.1 Å². The van der Waals surface area contributed by atoms with Gasteiger partial charge in [0, 0.05) is 42.3 Å². The van der Waals surface area contributed by atoms with Crippen molar-refractivity contribution in [2.24, 2.45) is 5.50 Å². The molecule has 2 N–H and O–H groups in total. The first kappa shape index (κ1) is 36.0. The largest absolute Gasteiger partial charge is 0.405 e. The molecule has 4 aromatic rings. The molecule has 0 atom stereocenters. The summed E-state index contributed by atoms with van der Waals surface area (Å²) in [5, 5.41) is 1.72. The predicted molar refractivity (Wildman–Crippen MR) is 190 cm³/mol. The van der Waals surface area contributed by atoms with Gasteiger partial charge < -0.3 is 0 Å². The molecule has 0 aliphatic rings. The average molecular weight is 708 g/mol. The lowest BCUT2D eigenvalue weighted by atomic mass is 9.82. The number of hydrogen-bond donors (Lipinski definition) is 1. The van der Waals surface area contributed by atoms with Crippen LogP contribution >= 0.6 is 54.2 Å². The van der Waals surface area contributed by atoms with Crippen molar-refractivity contribution in [2.75, 3.05) is 0 Å². The third-order valence-corrected chi connectivity index (χ3v) is 10.5. The summed E-state index contributed by atoms with van der Waals surface area (Å²) < 4.78 is 28.5. The van der Waals surface area contributed by atoms with Crippen molar-refractivity contribution in [3.63, 3.8) is 0 Å². The molecule has 0 radical (unpaired) electrons. The Morgan fingerprint density at radius 3 is 1.04 bits per heavy atom. The van der Waals surface area contributed by atoms with Gasteiger partial charge in [0.25, 0.3) is 0 Å². The Kier molecular flexibility index (Phi) is 13.0. The van der Waals surface area contributed by atoms with E-state index in [1.54, 1.807) is 24.3 Å². The molecule has 0 aliphatic heterocycles. The molecule has 0 bridgehead atoms. The van der Waals surface area contributed by atoms with Crippen LogP contribution in [0.5, 0.6) is 0 Å². The summed E-state index contributed by atoms with van der Waals surface area (Å²) in [6, 6.07) is 29.3. The van der Waals surface area contributed by atoms with Crippen LogP contribution in [-0.2, 0) is 24.8 Å². The van der Waals surface area contributed by atoms with Crippen molar-refractivity contribution < 1.29 is 13.6 Å². The van der Waals surface area contributed by atoms with Crippen LogP contribution < -0.4 is 5.50 Å². The van der Waals surface area contributed by atoms with Gasteiger partial charge in [-0.05, 0) is 49.9 Å². The molecule has 0 aliphatic carbocycles. The van der Waals surface area contributed by atoms with E-state index in [1.807, 2.05) is 72.8 Å². The molecule has 0 spiro atoms. The number of nitrogens with two attached hydrogens (primary N) is 1. The molecule has 240 valence electrons. The lowest BCUT2D eigenvalue weighted by Gasteiger charge is -2.42. The van der Waals surface area contributed by atoms with E-state index in [9.17, 15) is 0 Å². The average Bonchev–Trinajstić information content (AvgIpc) is 3.01. The maximum absolute atomic E-state index is 15.0. The maximum Gasteiger partial charge on any atom is 0.405 e. The molecule has 9 heteroatoms. The highest BCUT2D eigenvalue weighted by Crippen LogP contribution is 2.60. The quantitative estimate of drug-likeness (QED) is 0.0930. The third kappa shape index (κ3) is 8.36. The summed E-state index contributed by atoms with van der Waals surface area (Å²) in [7, 11) is -4.51. The molecule has 4 aromatic carbocycles. The normalized spacial score (nSPS) is 12.4. The van der Waals surface area contributed by atoms with E-state index < -0.39 is 18.9 Å². The Morgan fingerprint density at radius 2 is 0.800 bits per heavy atom. The van der Waals surface area contributed by atoms with Crippen LogP contribution in [0.3, 0.4) is 0 Å². The molecule has 0 heterocycles. The van der Waals surface area contributed by atoms with Crippen LogP contribution in [0.1, 0.15) is 87.5 Å². The maximum atomic E-state index is 15.0. The van der Waals surface area contributed by atoms with E-state index in [-0.39, 0.29) is 0 Å². The van der Waals surface area contributed by atoms with Gasteiger partial charge in [-0.15, -0.1) is 0 Å². The van der Waals surface area contributed by atoms with E-state index in [0.29, 0.717) is 55.2 Å². The van der Waals surface area contributed by atoms with Crippen LogP contribution in [0.15, 0.2) is 97.1 Å². The van der Waals surface area contributed by atoms with Crippen molar-refractivity contribution in [1.82, 2.24) is 0 Å². The fraction of sp³-hybridized carbons (Fsp3) is 0.333. The minimum Gasteiger partial charge on any atom is -0.280 e. The minimum atomic E-state index is -4.51. The molecule has 4 rings (SSSR count). The monoisotopic (exact) mass is 705 g/mol. The minimum absolute atomic E-state index is 0.403. The summed E-state index contributed by atoms with van der Waals surface area (Å²) in [4.78, 5) is 0. The van der Waals surface area contributed by atoms with E-state index in [2.05, 4.69) is 13.8 Å². The zero-order valence-corrected chi connectivity index (χ0v) is 29.6. The number of benzene rings is 4. The molecular formula is C36H40Cl4NO3P.